The molecular formula is C13H20BrNO. The van der Waals surface area contributed by atoms with Gasteiger partial charge in [0.2, 0.25) is 0 Å². The van der Waals surface area contributed by atoms with E-state index in [1.165, 1.54) is 5.56 Å². The molecule has 0 saturated heterocycles. The van der Waals surface area contributed by atoms with Crippen LogP contribution in [0, 0.1) is 0 Å². The Kier molecular flexibility index (Phi) is 6.69. The molecule has 1 aromatic rings. The first-order valence-electron chi connectivity index (χ1n) is 5.72. The Morgan fingerprint density at radius 1 is 1.38 bits per heavy atom. The van der Waals surface area contributed by atoms with Crippen LogP contribution in [0.15, 0.2) is 28.7 Å². The summed E-state index contributed by atoms with van der Waals surface area (Å²) in [6, 6.07) is 8.84. The van der Waals surface area contributed by atoms with Gasteiger partial charge in [-0.1, -0.05) is 28.1 Å². The maximum absolute atomic E-state index is 5.02. The molecule has 0 aliphatic rings. The smallest absolute Gasteiger partial charge is 0.0462 e. The van der Waals surface area contributed by atoms with Crippen molar-refractivity contribution in [2.75, 3.05) is 20.3 Å². The van der Waals surface area contributed by atoms with Crippen LogP contribution in [0.25, 0.3) is 0 Å². The molecule has 0 saturated carbocycles. The number of unbranched alkanes of at least 4 members (excludes halogenated alkanes) is 1. The Hall–Kier alpha value is -0.380. The first-order valence-corrected chi connectivity index (χ1v) is 6.51. The number of hydrogen-bond donors (Lipinski definition) is 1. The van der Waals surface area contributed by atoms with E-state index in [2.05, 4.69) is 52.4 Å². The molecule has 0 aromatic heterocycles. The third-order valence-electron chi connectivity index (χ3n) is 2.57. The molecule has 1 rings (SSSR count). The summed E-state index contributed by atoms with van der Waals surface area (Å²) in [5.41, 5.74) is 1.32. The van der Waals surface area contributed by atoms with Crippen LogP contribution in [0.2, 0.25) is 0 Å². The Bertz CT molecular complexity index is 304. The molecule has 0 aliphatic carbocycles. The standard InChI is InChI=1S/C13H20BrNO/c1-11(15-8-3-4-9-16-2)12-6-5-7-13(14)10-12/h5-7,10-11,15H,3-4,8-9H2,1-2H3. The Morgan fingerprint density at radius 3 is 2.88 bits per heavy atom. The van der Waals surface area contributed by atoms with E-state index in [1.807, 2.05) is 0 Å². The number of rotatable bonds is 7. The van der Waals surface area contributed by atoms with Gasteiger partial charge in [-0.15, -0.1) is 0 Å². The van der Waals surface area contributed by atoms with E-state index < -0.39 is 0 Å². The second kappa shape index (κ2) is 7.82. The monoisotopic (exact) mass is 285 g/mol. The summed E-state index contributed by atoms with van der Waals surface area (Å²) in [6.07, 6.45) is 2.28. The predicted octanol–water partition coefficient (Wildman–Crippen LogP) is 3.53. The van der Waals surface area contributed by atoms with Gasteiger partial charge in [0.1, 0.15) is 0 Å². The highest BCUT2D eigenvalue weighted by Gasteiger charge is 2.03. The van der Waals surface area contributed by atoms with E-state index in [9.17, 15) is 0 Å². The van der Waals surface area contributed by atoms with E-state index in [4.69, 9.17) is 4.74 Å². The first-order chi connectivity index (χ1) is 7.74. The molecule has 0 heterocycles. The van der Waals surface area contributed by atoms with Crippen molar-refractivity contribution in [3.8, 4) is 0 Å². The minimum atomic E-state index is 0.403. The van der Waals surface area contributed by atoms with E-state index in [-0.39, 0.29) is 0 Å². The number of nitrogens with one attached hydrogen (secondary N) is 1. The zero-order chi connectivity index (χ0) is 11.8. The maximum Gasteiger partial charge on any atom is 0.0462 e. The molecule has 16 heavy (non-hydrogen) atoms. The minimum absolute atomic E-state index is 0.403. The average molecular weight is 286 g/mol. The molecule has 0 radical (unpaired) electrons. The highest BCUT2D eigenvalue weighted by atomic mass is 79.9. The molecule has 0 spiro atoms. The lowest BCUT2D eigenvalue weighted by atomic mass is 10.1. The van der Waals surface area contributed by atoms with Crippen LogP contribution in [-0.2, 0) is 4.74 Å². The quantitative estimate of drug-likeness (QED) is 0.774. The molecule has 2 nitrogen and oxygen atoms in total. The van der Waals surface area contributed by atoms with E-state index in [1.54, 1.807) is 7.11 Å². The summed E-state index contributed by atoms with van der Waals surface area (Å²) >= 11 is 3.49. The van der Waals surface area contributed by atoms with Crippen molar-refractivity contribution in [3.05, 3.63) is 34.3 Å². The average Bonchev–Trinajstić information content (AvgIpc) is 2.28. The number of hydrogen-bond acceptors (Lipinski definition) is 2. The molecule has 1 aromatic carbocycles. The van der Waals surface area contributed by atoms with E-state index >= 15 is 0 Å². The number of halogens is 1. The summed E-state index contributed by atoms with van der Waals surface area (Å²) in [5, 5.41) is 3.51. The van der Waals surface area contributed by atoms with Gasteiger partial charge in [-0.05, 0) is 44.0 Å². The highest BCUT2D eigenvalue weighted by Crippen LogP contribution is 2.17. The molecule has 90 valence electrons. The van der Waals surface area contributed by atoms with Crippen molar-refractivity contribution >= 4 is 15.9 Å². The van der Waals surface area contributed by atoms with Crippen molar-refractivity contribution in [1.29, 1.82) is 0 Å². The molecular weight excluding hydrogens is 266 g/mol. The van der Waals surface area contributed by atoms with Crippen molar-refractivity contribution < 1.29 is 4.74 Å². The third-order valence-corrected chi connectivity index (χ3v) is 3.07. The van der Waals surface area contributed by atoms with Crippen molar-refractivity contribution in [2.24, 2.45) is 0 Å². The van der Waals surface area contributed by atoms with Crippen LogP contribution in [0.1, 0.15) is 31.4 Å². The van der Waals surface area contributed by atoms with Gasteiger partial charge in [-0.25, -0.2) is 0 Å². The number of ether oxygens (including phenoxy) is 1. The molecule has 3 heteroatoms. The molecule has 0 fully saturated rings. The van der Waals surface area contributed by atoms with Gasteiger partial charge < -0.3 is 10.1 Å². The topological polar surface area (TPSA) is 21.3 Å². The van der Waals surface area contributed by atoms with Crippen LogP contribution in [0.5, 0.6) is 0 Å². The minimum Gasteiger partial charge on any atom is -0.385 e. The van der Waals surface area contributed by atoms with Gasteiger partial charge in [0, 0.05) is 24.2 Å². The molecule has 0 bridgehead atoms. The summed E-state index contributed by atoms with van der Waals surface area (Å²) in [7, 11) is 1.75. The fourth-order valence-corrected chi connectivity index (χ4v) is 2.00. The van der Waals surface area contributed by atoms with E-state index in [0.29, 0.717) is 6.04 Å². The van der Waals surface area contributed by atoms with Gasteiger partial charge in [0.15, 0.2) is 0 Å². The number of methoxy groups -OCH3 is 1. The second-order valence-electron chi connectivity index (χ2n) is 3.93. The van der Waals surface area contributed by atoms with Gasteiger partial charge in [-0.3, -0.25) is 0 Å². The van der Waals surface area contributed by atoms with Gasteiger partial charge in [0.05, 0.1) is 0 Å². The van der Waals surface area contributed by atoms with Crippen LogP contribution in [-0.4, -0.2) is 20.3 Å². The van der Waals surface area contributed by atoms with E-state index in [0.717, 1.165) is 30.5 Å². The third kappa shape index (κ3) is 5.10. The van der Waals surface area contributed by atoms with Gasteiger partial charge >= 0.3 is 0 Å². The molecule has 0 amide bonds. The largest absolute Gasteiger partial charge is 0.385 e. The summed E-state index contributed by atoms with van der Waals surface area (Å²) < 4.78 is 6.15. The van der Waals surface area contributed by atoms with Crippen LogP contribution in [0.4, 0.5) is 0 Å². The van der Waals surface area contributed by atoms with Crippen LogP contribution < -0.4 is 5.32 Å². The SMILES string of the molecule is COCCCCNC(C)c1cccc(Br)c1. The molecule has 1 N–H and O–H groups in total. The fraction of sp³-hybridized carbons (Fsp3) is 0.538. The number of benzene rings is 1. The summed E-state index contributed by atoms with van der Waals surface area (Å²) in [4.78, 5) is 0. The summed E-state index contributed by atoms with van der Waals surface area (Å²) in [5.74, 6) is 0. The normalized spacial score (nSPS) is 12.7. The Labute approximate surface area is 107 Å². The Balaban J connectivity index is 2.27. The molecule has 1 atom stereocenters. The fourth-order valence-electron chi connectivity index (χ4n) is 1.58. The highest BCUT2D eigenvalue weighted by molar-refractivity contribution is 9.10. The van der Waals surface area contributed by atoms with Gasteiger partial charge in [-0.2, -0.15) is 0 Å². The zero-order valence-electron chi connectivity index (χ0n) is 10.0. The predicted molar refractivity (Wildman–Crippen MR) is 71.7 cm³/mol. The van der Waals surface area contributed by atoms with Crippen molar-refractivity contribution in [1.82, 2.24) is 5.32 Å². The first kappa shape index (κ1) is 13.7. The van der Waals surface area contributed by atoms with Crippen LogP contribution in [0.3, 0.4) is 0 Å². The van der Waals surface area contributed by atoms with Crippen LogP contribution >= 0.6 is 15.9 Å². The molecule has 1 unspecified atom stereocenters. The lowest BCUT2D eigenvalue weighted by Crippen LogP contribution is -2.20. The summed E-state index contributed by atoms with van der Waals surface area (Å²) in [6.45, 7) is 4.09. The zero-order valence-corrected chi connectivity index (χ0v) is 11.6. The second-order valence-corrected chi connectivity index (χ2v) is 4.85. The van der Waals surface area contributed by atoms with Crippen molar-refractivity contribution in [3.63, 3.8) is 0 Å². The molecule has 0 aliphatic heterocycles. The Morgan fingerprint density at radius 2 is 2.19 bits per heavy atom. The van der Waals surface area contributed by atoms with Crippen molar-refractivity contribution in [2.45, 2.75) is 25.8 Å². The lowest BCUT2D eigenvalue weighted by molar-refractivity contribution is 0.192. The lowest BCUT2D eigenvalue weighted by Gasteiger charge is -2.14. The maximum atomic E-state index is 5.02. The van der Waals surface area contributed by atoms with Gasteiger partial charge in [0.25, 0.3) is 0 Å².